The maximum atomic E-state index is 11.9. The number of aliphatic hydroxyl groups excluding tert-OH is 1. The number of carboxylic acid groups (broad SMARTS) is 1. The van der Waals surface area contributed by atoms with Gasteiger partial charge in [-0.15, -0.1) is 11.3 Å². The number of rotatable bonds is 4. The predicted octanol–water partition coefficient (Wildman–Crippen LogP) is 1.19. The van der Waals surface area contributed by atoms with Gasteiger partial charge in [0.15, 0.2) is 6.10 Å². The van der Waals surface area contributed by atoms with Crippen LogP contribution in [0.4, 0.5) is 0 Å². The summed E-state index contributed by atoms with van der Waals surface area (Å²) in [6.45, 7) is -0.267. The minimum Gasteiger partial charge on any atom is -0.479 e. The molecule has 0 radical (unpaired) electrons. The number of carbonyl (C=O) groups excluding carboxylic acids is 1. The zero-order valence-corrected chi connectivity index (χ0v) is 11.3. The van der Waals surface area contributed by atoms with Crippen molar-refractivity contribution >= 4 is 23.2 Å². The van der Waals surface area contributed by atoms with E-state index in [-0.39, 0.29) is 12.5 Å². The molecule has 0 fully saturated rings. The van der Waals surface area contributed by atoms with Gasteiger partial charge in [-0.2, -0.15) is 0 Å². The van der Waals surface area contributed by atoms with Crippen molar-refractivity contribution in [3.05, 3.63) is 21.4 Å². The summed E-state index contributed by atoms with van der Waals surface area (Å²) in [5.41, 5.74) is 1.24. The van der Waals surface area contributed by atoms with Crippen LogP contribution in [0, 0.1) is 0 Å². The third-order valence-electron chi connectivity index (χ3n) is 3.21. The van der Waals surface area contributed by atoms with Gasteiger partial charge in [0.25, 0.3) is 5.91 Å². The molecule has 19 heavy (non-hydrogen) atoms. The summed E-state index contributed by atoms with van der Waals surface area (Å²) in [5, 5.41) is 20.1. The van der Waals surface area contributed by atoms with E-state index in [2.05, 4.69) is 5.32 Å². The number of hydrogen-bond donors (Lipinski definition) is 3. The van der Waals surface area contributed by atoms with Crippen molar-refractivity contribution < 1.29 is 19.8 Å². The Morgan fingerprint density at radius 2 is 2.05 bits per heavy atom. The average molecular weight is 283 g/mol. The molecule has 0 saturated carbocycles. The Bertz CT molecular complexity index is 459. The SMILES string of the molecule is O=C(NC[C@H](O)C(=O)O)c1cc2c(s1)CCCCC2. The topological polar surface area (TPSA) is 86.6 Å². The maximum absolute atomic E-state index is 11.9. The molecule has 0 unspecified atom stereocenters. The van der Waals surface area contributed by atoms with Crippen molar-refractivity contribution in [2.45, 2.75) is 38.2 Å². The zero-order valence-electron chi connectivity index (χ0n) is 10.5. The van der Waals surface area contributed by atoms with Crippen molar-refractivity contribution in [3.8, 4) is 0 Å². The van der Waals surface area contributed by atoms with E-state index in [1.807, 2.05) is 6.07 Å². The number of carboxylic acids is 1. The highest BCUT2D eigenvalue weighted by Gasteiger charge is 2.18. The molecule has 0 bridgehead atoms. The number of thiophene rings is 1. The Hall–Kier alpha value is -1.40. The van der Waals surface area contributed by atoms with Crippen molar-refractivity contribution in [2.75, 3.05) is 6.54 Å². The number of aliphatic hydroxyl groups is 1. The highest BCUT2D eigenvalue weighted by atomic mass is 32.1. The van der Waals surface area contributed by atoms with Crippen LogP contribution in [-0.4, -0.2) is 34.7 Å². The molecular weight excluding hydrogens is 266 g/mol. The summed E-state index contributed by atoms with van der Waals surface area (Å²) in [4.78, 5) is 24.2. The van der Waals surface area contributed by atoms with E-state index >= 15 is 0 Å². The van der Waals surface area contributed by atoms with E-state index in [4.69, 9.17) is 10.2 Å². The number of amides is 1. The van der Waals surface area contributed by atoms with Crippen LogP contribution in [0.1, 0.15) is 39.4 Å². The van der Waals surface area contributed by atoms with Crippen molar-refractivity contribution in [1.29, 1.82) is 0 Å². The van der Waals surface area contributed by atoms with Crippen LogP contribution in [0.3, 0.4) is 0 Å². The first kappa shape index (κ1) is 14.0. The van der Waals surface area contributed by atoms with E-state index in [1.54, 1.807) is 0 Å². The summed E-state index contributed by atoms with van der Waals surface area (Å²) in [7, 11) is 0. The minimum absolute atomic E-state index is 0.267. The van der Waals surface area contributed by atoms with Crippen LogP contribution in [0.5, 0.6) is 0 Å². The molecule has 1 aromatic heterocycles. The molecule has 6 heteroatoms. The van der Waals surface area contributed by atoms with Gasteiger partial charge in [-0.05, 0) is 37.3 Å². The quantitative estimate of drug-likeness (QED) is 0.724. The van der Waals surface area contributed by atoms with Gasteiger partial charge < -0.3 is 15.5 Å². The molecule has 1 amide bonds. The Labute approximate surface area is 115 Å². The van der Waals surface area contributed by atoms with Crippen molar-refractivity contribution in [2.24, 2.45) is 0 Å². The van der Waals surface area contributed by atoms with E-state index in [1.165, 1.54) is 28.2 Å². The third-order valence-corrected chi connectivity index (χ3v) is 4.45. The van der Waals surface area contributed by atoms with Gasteiger partial charge >= 0.3 is 5.97 Å². The standard InChI is InChI=1S/C13H17NO4S/c15-9(13(17)18)7-14-12(16)11-6-8-4-2-1-3-5-10(8)19-11/h6,9,15H,1-5,7H2,(H,14,16)(H,17,18)/t9-/m0/s1. The molecule has 0 aliphatic heterocycles. The molecule has 0 aromatic carbocycles. The maximum Gasteiger partial charge on any atom is 0.334 e. The van der Waals surface area contributed by atoms with E-state index in [9.17, 15) is 9.59 Å². The number of hydrogen-bond acceptors (Lipinski definition) is 4. The summed E-state index contributed by atoms with van der Waals surface area (Å²) in [5.74, 6) is -1.64. The number of aliphatic carboxylic acids is 1. The zero-order chi connectivity index (χ0) is 13.8. The normalized spacial score (nSPS) is 16.3. The second-order valence-corrected chi connectivity index (χ2v) is 5.82. The van der Waals surface area contributed by atoms with Crippen LogP contribution in [0.2, 0.25) is 0 Å². The van der Waals surface area contributed by atoms with Crippen LogP contribution in [0.25, 0.3) is 0 Å². The van der Waals surface area contributed by atoms with Gasteiger partial charge in [0.1, 0.15) is 0 Å². The fraction of sp³-hybridized carbons (Fsp3) is 0.538. The van der Waals surface area contributed by atoms with Crippen LogP contribution < -0.4 is 5.32 Å². The molecule has 0 spiro atoms. The number of fused-ring (bicyclic) bond motifs is 1. The molecule has 2 rings (SSSR count). The molecular formula is C13H17NO4S. The van der Waals surface area contributed by atoms with Gasteiger partial charge in [-0.3, -0.25) is 4.79 Å². The summed E-state index contributed by atoms with van der Waals surface area (Å²) in [6.07, 6.45) is 4.02. The summed E-state index contributed by atoms with van der Waals surface area (Å²) in [6, 6.07) is 1.90. The lowest BCUT2D eigenvalue weighted by molar-refractivity contribution is -0.146. The van der Waals surface area contributed by atoms with Gasteiger partial charge in [-0.25, -0.2) is 4.79 Å². The number of nitrogens with one attached hydrogen (secondary N) is 1. The van der Waals surface area contributed by atoms with Crippen LogP contribution >= 0.6 is 11.3 Å². The Kier molecular flexibility index (Phi) is 4.55. The first-order chi connectivity index (χ1) is 9.08. The van der Waals surface area contributed by atoms with E-state index < -0.39 is 12.1 Å². The van der Waals surface area contributed by atoms with Gasteiger partial charge in [-0.1, -0.05) is 6.42 Å². The monoisotopic (exact) mass is 283 g/mol. The van der Waals surface area contributed by atoms with Gasteiger partial charge in [0.05, 0.1) is 11.4 Å². The van der Waals surface area contributed by atoms with Crippen molar-refractivity contribution in [1.82, 2.24) is 5.32 Å². The molecule has 104 valence electrons. The van der Waals surface area contributed by atoms with Gasteiger partial charge in [0, 0.05) is 4.88 Å². The first-order valence-corrected chi connectivity index (χ1v) is 7.20. The number of aryl methyl sites for hydroxylation is 2. The highest BCUT2D eigenvalue weighted by molar-refractivity contribution is 7.14. The predicted molar refractivity (Wildman–Crippen MR) is 71.6 cm³/mol. The lowest BCUT2D eigenvalue weighted by Gasteiger charge is -2.06. The first-order valence-electron chi connectivity index (χ1n) is 6.38. The molecule has 1 aliphatic carbocycles. The summed E-state index contributed by atoms with van der Waals surface area (Å²) < 4.78 is 0. The average Bonchev–Trinajstić information content (AvgIpc) is 2.67. The van der Waals surface area contributed by atoms with Crippen LogP contribution in [0.15, 0.2) is 6.07 Å². The Morgan fingerprint density at radius 3 is 2.79 bits per heavy atom. The van der Waals surface area contributed by atoms with E-state index in [0.717, 1.165) is 25.7 Å². The minimum atomic E-state index is -1.55. The fourth-order valence-electron chi connectivity index (χ4n) is 2.14. The smallest absolute Gasteiger partial charge is 0.334 e. The number of carbonyl (C=O) groups is 2. The molecule has 1 aromatic rings. The molecule has 3 N–H and O–H groups in total. The second kappa shape index (κ2) is 6.16. The fourth-order valence-corrected chi connectivity index (χ4v) is 3.31. The largest absolute Gasteiger partial charge is 0.479 e. The van der Waals surface area contributed by atoms with Gasteiger partial charge in [0.2, 0.25) is 0 Å². The van der Waals surface area contributed by atoms with Crippen LogP contribution in [-0.2, 0) is 17.6 Å². The Morgan fingerprint density at radius 1 is 1.32 bits per heavy atom. The molecule has 1 heterocycles. The third kappa shape index (κ3) is 3.54. The Balaban J connectivity index is 1.98. The molecule has 1 atom stereocenters. The lowest BCUT2D eigenvalue weighted by Crippen LogP contribution is -2.36. The van der Waals surface area contributed by atoms with Crippen molar-refractivity contribution in [3.63, 3.8) is 0 Å². The molecule has 0 saturated heterocycles. The molecule has 1 aliphatic rings. The highest BCUT2D eigenvalue weighted by Crippen LogP contribution is 2.28. The summed E-state index contributed by atoms with van der Waals surface area (Å²) >= 11 is 1.48. The molecule has 5 nitrogen and oxygen atoms in total. The lowest BCUT2D eigenvalue weighted by atomic mass is 10.1. The van der Waals surface area contributed by atoms with E-state index in [0.29, 0.717) is 4.88 Å². The second-order valence-electron chi connectivity index (χ2n) is 4.68.